The number of carbonyl (C=O) groups excluding carboxylic acids is 2. The van der Waals surface area contributed by atoms with Crippen LogP contribution in [0.3, 0.4) is 0 Å². The first-order valence-corrected chi connectivity index (χ1v) is 8.79. The van der Waals surface area contributed by atoms with Gasteiger partial charge in [-0.1, -0.05) is 30.3 Å². The Kier molecular flexibility index (Phi) is 5.00. The van der Waals surface area contributed by atoms with Gasteiger partial charge in [-0.2, -0.15) is 0 Å². The predicted octanol–water partition coefficient (Wildman–Crippen LogP) is 4.82. The van der Waals surface area contributed by atoms with Gasteiger partial charge >= 0.3 is 5.97 Å². The van der Waals surface area contributed by atoms with Gasteiger partial charge in [-0.3, -0.25) is 4.79 Å². The minimum absolute atomic E-state index is 0.0513. The Hall–Kier alpha value is -3.14. The molecule has 0 aliphatic carbocycles. The Morgan fingerprint density at radius 3 is 2.04 bits per heavy atom. The third kappa shape index (κ3) is 3.56. The van der Waals surface area contributed by atoms with Crippen LogP contribution in [0.2, 0.25) is 0 Å². The number of esters is 1. The lowest BCUT2D eigenvalue weighted by atomic mass is 9.92. The number of benzene rings is 3. The second kappa shape index (κ2) is 7.23. The molecule has 0 atom stereocenters. The van der Waals surface area contributed by atoms with Gasteiger partial charge in [0.25, 0.3) is 0 Å². The van der Waals surface area contributed by atoms with Gasteiger partial charge in [-0.05, 0) is 72.9 Å². The minimum atomic E-state index is -0.716. The lowest BCUT2D eigenvalue weighted by Crippen LogP contribution is -2.17. The van der Waals surface area contributed by atoms with Crippen molar-refractivity contribution in [1.82, 2.24) is 0 Å². The van der Waals surface area contributed by atoms with Crippen LogP contribution in [0.1, 0.15) is 43.0 Å². The van der Waals surface area contributed by atoms with Crippen molar-refractivity contribution in [3.8, 4) is 5.75 Å². The van der Waals surface area contributed by atoms with Gasteiger partial charge in [0.15, 0.2) is 6.61 Å². The molecule has 0 aliphatic heterocycles. The highest BCUT2D eigenvalue weighted by atomic mass is 16.5. The van der Waals surface area contributed by atoms with Crippen molar-refractivity contribution in [2.75, 3.05) is 6.61 Å². The van der Waals surface area contributed by atoms with Crippen LogP contribution in [0.4, 0.5) is 0 Å². The van der Waals surface area contributed by atoms with E-state index >= 15 is 0 Å². The summed E-state index contributed by atoms with van der Waals surface area (Å²) in [6.45, 7) is 7.34. The van der Waals surface area contributed by atoms with Gasteiger partial charge in [0, 0.05) is 5.56 Å². The topological polar surface area (TPSA) is 63.6 Å². The number of fused-ring (bicyclic) bond motifs is 1. The quantitative estimate of drug-likeness (QED) is 0.534. The number of carbonyl (C=O) groups is 2. The molecule has 0 unspecified atom stereocenters. The standard InChI is InChI=1S/C23H22O4/c1-13-9-14(2)16(4)22(15(13)3)21(25)12-27-23(26)19-10-17-7-5-6-8-18(17)11-20(19)24/h5-11,24H,12H2,1-4H3. The molecule has 4 nitrogen and oxygen atoms in total. The highest BCUT2D eigenvalue weighted by Gasteiger charge is 2.19. The molecule has 0 amide bonds. The van der Waals surface area contributed by atoms with Crippen LogP contribution in [-0.2, 0) is 4.74 Å². The number of phenolic OH excluding ortho intramolecular Hbond substituents is 1. The third-order valence-electron chi connectivity index (χ3n) is 5.06. The monoisotopic (exact) mass is 362 g/mol. The van der Waals surface area contributed by atoms with Crippen LogP contribution in [0.25, 0.3) is 10.8 Å². The summed E-state index contributed by atoms with van der Waals surface area (Å²) in [5, 5.41) is 11.8. The molecular formula is C23H22O4. The van der Waals surface area contributed by atoms with E-state index in [2.05, 4.69) is 0 Å². The van der Waals surface area contributed by atoms with E-state index in [0.717, 1.165) is 33.0 Å². The first-order valence-electron chi connectivity index (χ1n) is 8.79. The van der Waals surface area contributed by atoms with Gasteiger partial charge in [0.05, 0.1) is 0 Å². The summed E-state index contributed by atoms with van der Waals surface area (Å²) in [5.74, 6) is -1.12. The van der Waals surface area contributed by atoms with Crippen LogP contribution in [-0.4, -0.2) is 23.5 Å². The molecule has 0 spiro atoms. The molecule has 1 N–H and O–H groups in total. The molecule has 4 heteroatoms. The van der Waals surface area contributed by atoms with Crippen molar-refractivity contribution in [1.29, 1.82) is 0 Å². The average Bonchev–Trinajstić information content (AvgIpc) is 2.64. The second-order valence-corrected chi connectivity index (χ2v) is 6.85. The van der Waals surface area contributed by atoms with Crippen LogP contribution in [0, 0.1) is 27.7 Å². The number of Topliss-reactive ketones (excluding diaryl/α,β-unsaturated/α-hetero) is 1. The molecule has 0 aliphatic rings. The smallest absolute Gasteiger partial charge is 0.342 e. The van der Waals surface area contributed by atoms with Crippen LogP contribution in [0.5, 0.6) is 5.75 Å². The van der Waals surface area contributed by atoms with Crippen LogP contribution >= 0.6 is 0 Å². The third-order valence-corrected chi connectivity index (χ3v) is 5.06. The molecule has 3 rings (SSSR count). The number of ketones is 1. The van der Waals surface area contributed by atoms with Crippen molar-refractivity contribution >= 4 is 22.5 Å². The SMILES string of the molecule is Cc1cc(C)c(C)c(C(=O)COC(=O)c2cc3ccccc3cc2O)c1C. The van der Waals surface area contributed by atoms with E-state index in [9.17, 15) is 14.7 Å². The molecule has 0 fully saturated rings. The Morgan fingerprint density at radius 1 is 0.889 bits per heavy atom. The fraction of sp³-hybridized carbons (Fsp3) is 0.217. The number of hydrogen-bond donors (Lipinski definition) is 1. The van der Waals surface area contributed by atoms with E-state index in [0.29, 0.717) is 5.56 Å². The fourth-order valence-electron chi connectivity index (χ4n) is 3.31. The molecule has 3 aromatic rings. The zero-order chi connectivity index (χ0) is 19.7. The van der Waals surface area contributed by atoms with Gasteiger partial charge in [-0.25, -0.2) is 4.79 Å². The largest absolute Gasteiger partial charge is 0.507 e. The number of aromatic hydroxyl groups is 1. The first kappa shape index (κ1) is 18.6. The Labute approximate surface area is 158 Å². The molecule has 27 heavy (non-hydrogen) atoms. The number of ether oxygens (including phenoxy) is 1. The van der Waals surface area contributed by atoms with Crippen molar-refractivity contribution in [2.45, 2.75) is 27.7 Å². The number of rotatable bonds is 4. The van der Waals surface area contributed by atoms with Crippen LogP contribution < -0.4 is 0 Å². The maximum absolute atomic E-state index is 12.7. The molecule has 3 aromatic carbocycles. The molecule has 0 radical (unpaired) electrons. The highest BCUT2D eigenvalue weighted by Crippen LogP contribution is 2.26. The number of hydrogen-bond acceptors (Lipinski definition) is 4. The summed E-state index contributed by atoms with van der Waals surface area (Å²) in [4.78, 5) is 25.1. The zero-order valence-electron chi connectivity index (χ0n) is 15.9. The molecule has 0 aromatic heterocycles. The summed E-state index contributed by atoms with van der Waals surface area (Å²) in [5.41, 5.74) is 4.50. The Bertz CT molecular complexity index is 1040. The van der Waals surface area contributed by atoms with E-state index in [1.54, 1.807) is 6.07 Å². The van der Waals surface area contributed by atoms with E-state index in [-0.39, 0.29) is 23.7 Å². The van der Waals surface area contributed by atoms with Crippen molar-refractivity contribution in [3.63, 3.8) is 0 Å². The van der Waals surface area contributed by atoms with E-state index < -0.39 is 5.97 Å². The second-order valence-electron chi connectivity index (χ2n) is 6.85. The van der Waals surface area contributed by atoms with Crippen LogP contribution in [0.15, 0.2) is 42.5 Å². The van der Waals surface area contributed by atoms with Gasteiger partial charge in [0.2, 0.25) is 5.78 Å². The number of aryl methyl sites for hydroxylation is 2. The molecule has 0 bridgehead atoms. The molecule has 0 saturated carbocycles. The fourth-order valence-corrected chi connectivity index (χ4v) is 3.31. The van der Waals surface area contributed by atoms with Crippen molar-refractivity contribution in [2.24, 2.45) is 0 Å². The minimum Gasteiger partial charge on any atom is -0.507 e. The van der Waals surface area contributed by atoms with E-state index in [1.807, 2.05) is 58.0 Å². The molecule has 0 saturated heterocycles. The maximum atomic E-state index is 12.7. The zero-order valence-corrected chi connectivity index (χ0v) is 15.9. The molecular weight excluding hydrogens is 340 g/mol. The predicted molar refractivity (Wildman–Crippen MR) is 106 cm³/mol. The Balaban J connectivity index is 1.82. The lowest BCUT2D eigenvalue weighted by molar-refractivity contribution is 0.0471. The lowest BCUT2D eigenvalue weighted by Gasteiger charge is -2.14. The van der Waals surface area contributed by atoms with E-state index in [1.165, 1.54) is 6.07 Å². The number of phenols is 1. The summed E-state index contributed by atoms with van der Waals surface area (Å²) in [6.07, 6.45) is 0. The summed E-state index contributed by atoms with van der Waals surface area (Å²) in [7, 11) is 0. The average molecular weight is 362 g/mol. The van der Waals surface area contributed by atoms with Crippen molar-refractivity contribution in [3.05, 3.63) is 75.8 Å². The van der Waals surface area contributed by atoms with Gasteiger partial charge in [-0.15, -0.1) is 0 Å². The molecule has 0 heterocycles. The van der Waals surface area contributed by atoms with Gasteiger partial charge in [0.1, 0.15) is 11.3 Å². The normalized spacial score (nSPS) is 10.8. The summed E-state index contributed by atoms with van der Waals surface area (Å²) < 4.78 is 5.22. The van der Waals surface area contributed by atoms with E-state index in [4.69, 9.17) is 4.74 Å². The molecule has 138 valence electrons. The summed E-state index contributed by atoms with van der Waals surface area (Å²) >= 11 is 0. The van der Waals surface area contributed by atoms with Crippen molar-refractivity contribution < 1.29 is 19.4 Å². The van der Waals surface area contributed by atoms with Gasteiger partial charge < -0.3 is 9.84 Å². The first-order chi connectivity index (χ1) is 12.8. The Morgan fingerprint density at radius 2 is 1.44 bits per heavy atom. The maximum Gasteiger partial charge on any atom is 0.342 e. The highest BCUT2D eigenvalue weighted by molar-refractivity contribution is 6.03. The summed E-state index contributed by atoms with van der Waals surface area (Å²) in [6, 6.07) is 12.5.